The predicted molar refractivity (Wildman–Crippen MR) is 174 cm³/mol. The van der Waals surface area contributed by atoms with Crippen LogP contribution in [-0.4, -0.2) is 77.5 Å². The average molecular weight is 648 g/mol. The van der Waals surface area contributed by atoms with E-state index in [4.69, 9.17) is 10.8 Å². The molecule has 1 aliphatic carbocycles. The Morgan fingerprint density at radius 1 is 0.830 bits per heavy atom. The van der Waals surface area contributed by atoms with Crippen LogP contribution in [-0.2, 0) is 19.2 Å². The normalized spacial score (nSPS) is 15.5. The molecule has 2 aromatic carbocycles. The molecule has 0 aromatic heterocycles. The summed E-state index contributed by atoms with van der Waals surface area (Å²) in [6, 6.07) is 11.6. The third kappa shape index (κ3) is 11.6. The molecule has 13 nitrogen and oxygen atoms in total. The second kappa shape index (κ2) is 18.1. The number of amides is 4. The van der Waals surface area contributed by atoms with Gasteiger partial charge in [-0.15, -0.1) is 0 Å². The molecule has 0 bridgehead atoms. The lowest BCUT2D eigenvalue weighted by molar-refractivity contribution is -0.138. The Labute approximate surface area is 272 Å². The average Bonchev–Trinajstić information content (AvgIpc) is 3.07. The lowest BCUT2D eigenvalue weighted by Gasteiger charge is -2.25. The first-order chi connectivity index (χ1) is 22.5. The minimum Gasteiger partial charge on any atom is -0.481 e. The Kier molecular flexibility index (Phi) is 14.0. The first-order valence-corrected chi connectivity index (χ1v) is 15.3. The highest BCUT2D eigenvalue weighted by molar-refractivity contribution is 5.98. The number of carboxylic acids is 1. The van der Waals surface area contributed by atoms with Crippen molar-refractivity contribution in [2.75, 3.05) is 19.8 Å². The molecule has 0 saturated heterocycles. The SMILES string of the molecule is CC(CC(=O)CNC(=O)c1ccc(-c2ccc(C(=O)NCN)cc2)cc1)C(=O)NC(CC1C=CC=CC1)C(=O)NC(CO)CC(=O)O. The fourth-order valence-corrected chi connectivity index (χ4v) is 4.94. The Hall–Kier alpha value is -5.14. The van der Waals surface area contributed by atoms with Crippen LogP contribution in [0.4, 0.5) is 0 Å². The number of carboxylic acid groups (broad SMARTS) is 1. The van der Waals surface area contributed by atoms with Gasteiger partial charge in [0.2, 0.25) is 11.8 Å². The minimum absolute atomic E-state index is 0.0350. The number of nitrogens with two attached hydrogens (primary N) is 1. The van der Waals surface area contributed by atoms with Gasteiger partial charge in [-0.2, -0.15) is 0 Å². The summed E-state index contributed by atoms with van der Waals surface area (Å²) in [4.78, 5) is 74.4. The van der Waals surface area contributed by atoms with Crippen LogP contribution in [0.1, 0.15) is 53.3 Å². The zero-order chi connectivity index (χ0) is 34.3. The van der Waals surface area contributed by atoms with E-state index in [-0.39, 0.29) is 43.7 Å². The molecule has 0 aliphatic heterocycles. The van der Waals surface area contributed by atoms with Crippen molar-refractivity contribution < 1.29 is 39.0 Å². The molecule has 8 N–H and O–H groups in total. The molecule has 4 atom stereocenters. The Morgan fingerprint density at radius 3 is 1.94 bits per heavy atom. The number of aliphatic hydroxyl groups excluding tert-OH is 1. The van der Waals surface area contributed by atoms with Crippen LogP contribution in [0.5, 0.6) is 0 Å². The van der Waals surface area contributed by atoms with Gasteiger partial charge >= 0.3 is 5.97 Å². The Bertz CT molecular complexity index is 1490. The molecule has 0 saturated carbocycles. The molecule has 4 unspecified atom stereocenters. The lowest BCUT2D eigenvalue weighted by atomic mass is 9.92. The molecule has 3 rings (SSSR count). The highest BCUT2D eigenvalue weighted by Crippen LogP contribution is 2.21. The van der Waals surface area contributed by atoms with Crippen molar-refractivity contribution in [2.45, 2.75) is 44.7 Å². The monoisotopic (exact) mass is 647 g/mol. The highest BCUT2D eigenvalue weighted by atomic mass is 16.4. The van der Waals surface area contributed by atoms with Crippen LogP contribution in [0.15, 0.2) is 72.8 Å². The van der Waals surface area contributed by atoms with Crippen LogP contribution in [0, 0.1) is 11.8 Å². The number of Topliss-reactive ketones (excluding diaryl/α,β-unsaturated/α-hetero) is 1. The van der Waals surface area contributed by atoms with Crippen molar-refractivity contribution in [3.63, 3.8) is 0 Å². The maximum absolute atomic E-state index is 13.0. The summed E-state index contributed by atoms with van der Waals surface area (Å²) < 4.78 is 0. The van der Waals surface area contributed by atoms with E-state index in [1.165, 1.54) is 6.92 Å². The number of benzene rings is 2. The van der Waals surface area contributed by atoms with Crippen LogP contribution in [0.25, 0.3) is 11.1 Å². The molecule has 0 heterocycles. The summed E-state index contributed by atoms with van der Waals surface area (Å²) in [6.07, 6.45) is 7.74. The molecule has 0 spiro atoms. The topological polar surface area (TPSA) is 217 Å². The van der Waals surface area contributed by atoms with Crippen molar-refractivity contribution in [3.8, 4) is 11.1 Å². The Balaban J connectivity index is 1.52. The summed E-state index contributed by atoms with van der Waals surface area (Å²) >= 11 is 0. The molecular weight excluding hydrogens is 606 g/mol. The van der Waals surface area contributed by atoms with Gasteiger partial charge in [0.05, 0.1) is 32.3 Å². The van der Waals surface area contributed by atoms with Gasteiger partial charge in [-0.25, -0.2) is 0 Å². The number of nitrogens with one attached hydrogen (secondary N) is 4. The number of allylic oxidation sites excluding steroid dienone is 4. The van der Waals surface area contributed by atoms with E-state index in [2.05, 4.69) is 21.3 Å². The van der Waals surface area contributed by atoms with Crippen molar-refractivity contribution in [3.05, 3.63) is 84.0 Å². The van der Waals surface area contributed by atoms with E-state index in [1.54, 1.807) is 48.5 Å². The Morgan fingerprint density at radius 2 is 1.43 bits per heavy atom. The maximum Gasteiger partial charge on any atom is 0.305 e. The molecule has 4 amide bonds. The van der Waals surface area contributed by atoms with E-state index < -0.39 is 54.7 Å². The van der Waals surface area contributed by atoms with Gasteiger partial charge in [0, 0.05) is 23.5 Å². The molecule has 0 radical (unpaired) electrons. The van der Waals surface area contributed by atoms with Gasteiger partial charge in [-0.1, -0.05) is 55.5 Å². The van der Waals surface area contributed by atoms with Crippen LogP contribution < -0.4 is 27.0 Å². The second-order valence-electron chi connectivity index (χ2n) is 11.3. The smallest absolute Gasteiger partial charge is 0.305 e. The van der Waals surface area contributed by atoms with Crippen LogP contribution in [0.3, 0.4) is 0 Å². The summed E-state index contributed by atoms with van der Waals surface area (Å²) in [6.45, 7) is 0.676. The maximum atomic E-state index is 13.0. The molecule has 13 heteroatoms. The second-order valence-corrected chi connectivity index (χ2v) is 11.3. The first kappa shape index (κ1) is 36.3. The van der Waals surface area contributed by atoms with E-state index in [0.29, 0.717) is 17.5 Å². The fourth-order valence-electron chi connectivity index (χ4n) is 4.94. The molecule has 47 heavy (non-hydrogen) atoms. The largest absolute Gasteiger partial charge is 0.481 e. The summed E-state index contributed by atoms with van der Waals surface area (Å²) in [5, 5.41) is 28.8. The van der Waals surface area contributed by atoms with Gasteiger partial charge in [0.15, 0.2) is 5.78 Å². The summed E-state index contributed by atoms with van der Waals surface area (Å²) in [5.41, 5.74) is 7.80. The number of hydrogen-bond acceptors (Lipinski definition) is 8. The molecule has 2 aromatic rings. The van der Waals surface area contributed by atoms with E-state index in [1.807, 2.05) is 24.3 Å². The number of ketones is 1. The third-order valence-electron chi connectivity index (χ3n) is 7.55. The number of hydrogen-bond donors (Lipinski definition) is 7. The zero-order valence-corrected chi connectivity index (χ0v) is 26.1. The van der Waals surface area contributed by atoms with Crippen molar-refractivity contribution in [2.24, 2.45) is 17.6 Å². The zero-order valence-electron chi connectivity index (χ0n) is 26.1. The molecule has 1 aliphatic rings. The predicted octanol–water partition coefficient (Wildman–Crippen LogP) is 1.28. The van der Waals surface area contributed by atoms with E-state index in [0.717, 1.165) is 11.1 Å². The quantitative estimate of drug-likeness (QED) is 0.123. The highest BCUT2D eigenvalue weighted by Gasteiger charge is 2.28. The van der Waals surface area contributed by atoms with Gasteiger partial charge in [-0.3, -0.25) is 28.8 Å². The molecule has 0 fully saturated rings. The van der Waals surface area contributed by atoms with Crippen LogP contribution >= 0.6 is 0 Å². The van der Waals surface area contributed by atoms with Gasteiger partial charge in [0.1, 0.15) is 6.04 Å². The van der Waals surface area contributed by atoms with E-state index >= 15 is 0 Å². The van der Waals surface area contributed by atoms with E-state index in [9.17, 15) is 33.9 Å². The standard InChI is InChI=1S/C34H41N5O8/c1-21(31(44)39-29(16-22-5-3-2-4-6-22)34(47)38-27(19-40)17-30(42)43)15-28(41)18-36-32(45)25-11-7-23(8-12-25)24-9-13-26(14-10-24)33(46)37-20-35/h2-5,7-14,21-22,27,29,40H,6,15-20,35H2,1H3,(H,36,45)(H,37,46)(H,38,47)(H,39,44)(H,42,43). The van der Waals surface area contributed by atoms with Gasteiger partial charge < -0.3 is 37.2 Å². The summed E-state index contributed by atoms with van der Waals surface area (Å²) in [7, 11) is 0. The number of aliphatic carboxylic acids is 1. The van der Waals surface area contributed by atoms with Crippen molar-refractivity contribution >= 4 is 35.4 Å². The lowest BCUT2D eigenvalue weighted by Crippen LogP contribution is -2.52. The number of carbonyl (C=O) groups is 6. The van der Waals surface area contributed by atoms with Gasteiger partial charge in [-0.05, 0) is 54.2 Å². The van der Waals surface area contributed by atoms with Crippen LogP contribution in [0.2, 0.25) is 0 Å². The fraction of sp³-hybridized carbons (Fsp3) is 0.353. The number of rotatable bonds is 17. The minimum atomic E-state index is -1.19. The molecular formula is C34H41N5O8. The summed E-state index contributed by atoms with van der Waals surface area (Å²) in [5.74, 6) is -4.40. The van der Waals surface area contributed by atoms with Gasteiger partial charge in [0.25, 0.3) is 11.8 Å². The number of aliphatic hydroxyl groups is 1. The molecule has 250 valence electrons. The van der Waals surface area contributed by atoms with Crippen molar-refractivity contribution in [1.29, 1.82) is 0 Å². The van der Waals surface area contributed by atoms with Crippen molar-refractivity contribution in [1.82, 2.24) is 21.3 Å². The number of carbonyl (C=O) groups excluding carboxylic acids is 5. The third-order valence-corrected chi connectivity index (χ3v) is 7.55. The first-order valence-electron chi connectivity index (χ1n) is 15.3.